The van der Waals surface area contributed by atoms with Crippen LogP contribution in [0.15, 0.2) is 18.2 Å². The molecule has 0 amide bonds. The minimum absolute atomic E-state index is 0.0282. The molecule has 5 nitrogen and oxygen atoms in total. The van der Waals surface area contributed by atoms with E-state index in [0.29, 0.717) is 10.4 Å². The predicted molar refractivity (Wildman–Crippen MR) is 103 cm³/mol. The summed E-state index contributed by atoms with van der Waals surface area (Å²) in [5.74, 6) is -1.02. The number of allylic oxidation sites excluding steroid dienone is 1. The fourth-order valence-electron chi connectivity index (χ4n) is 2.60. The zero-order valence-corrected chi connectivity index (χ0v) is 16.3. The van der Waals surface area contributed by atoms with Gasteiger partial charge in [-0.1, -0.05) is 35.0 Å². The molecule has 0 spiro atoms. The minimum atomic E-state index is -1.10. The number of benzene rings is 1. The number of hydrogen-bond donors (Lipinski definition) is 3. The van der Waals surface area contributed by atoms with E-state index in [1.54, 1.807) is 6.08 Å². The lowest BCUT2D eigenvalue weighted by molar-refractivity contribution is 0.0693. The number of ether oxygens (including phenoxy) is 1. The van der Waals surface area contributed by atoms with Crippen molar-refractivity contribution in [3.63, 3.8) is 0 Å². The van der Waals surface area contributed by atoms with Gasteiger partial charge in [0.05, 0.1) is 13.2 Å². The van der Waals surface area contributed by atoms with Crippen molar-refractivity contribution < 1.29 is 24.9 Å². The van der Waals surface area contributed by atoms with E-state index in [1.807, 2.05) is 6.08 Å². The van der Waals surface area contributed by atoms with Crippen LogP contribution in [0, 0.1) is 0 Å². The summed E-state index contributed by atoms with van der Waals surface area (Å²) >= 11 is 3.49. The Morgan fingerprint density at radius 3 is 2.56 bits per heavy atom. The molecule has 1 unspecified atom stereocenters. The molecule has 3 N–H and O–H groups in total. The fraction of sp³-hybridized carbons (Fsp3) is 0.526. The van der Waals surface area contributed by atoms with Gasteiger partial charge in [-0.2, -0.15) is 0 Å². The van der Waals surface area contributed by atoms with E-state index in [-0.39, 0.29) is 23.2 Å². The van der Waals surface area contributed by atoms with Gasteiger partial charge in [-0.25, -0.2) is 4.79 Å². The first-order chi connectivity index (χ1) is 11.8. The van der Waals surface area contributed by atoms with Gasteiger partial charge in [-0.3, -0.25) is 0 Å². The van der Waals surface area contributed by atoms with Crippen LogP contribution in [-0.2, 0) is 0 Å². The number of aliphatic hydroxyl groups excluding tert-OH is 1. The third kappa shape index (κ3) is 7.92. The number of phenolic OH excluding ortho intramolecular Hbond substituents is 1. The van der Waals surface area contributed by atoms with Crippen molar-refractivity contribution in [1.82, 2.24) is 0 Å². The van der Waals surface area contributed by atoms with E-state index in [9.17, 15) is 20.1 Å². The molecular formula is C19H27BrO5. The van der Waals surface area contributed by atoms with Gasteiger partial charge in [0.2, 0.25) is 0 Å². The average molecular weight is 415 g/mol. The third-order valence-corrected chi connectivity index (χ3v) is 4.35. The number of carbonyl (C=O) groups is 1. The van der Waals surface area contributed by atoms with E-state index < -0.39 is 5.97 Å². The average Bonchev–Trinajstić information content (AvgIpc) is 2.53. The van der Waals surface area contributed by atoms with Crippen LogP contribution in [0.5, 0.6) is 11.5 Å². The lowest BCUT2D eigenvalue weighted by Crippen LogP contribution is -2.06. The van der Waals surface area contributed by atoms with Gasteiger partial charge in [-0.05, 0) is 50.2 Å². The summed E-state index contributed by atoms with van der Waals surface area (Å²) in [5.41, 5.74) is 0.427. The molecule has 2 atom stereocenters. The molecule has 1 aromatic rings. The second-order valence-electron chi connectivity index (χ2n) is 6.12. The van der Waals surface area contributed by atoms with E-state index in [0.717, 1.165) is 38.5 Å². The van der Waals surface area contributed by atoms with Crippen molar-refractivity contribution in [1.29, 1.82) is 0 Å². The van der Waals surface area contributed by atoms with Gasteiger partial charge in [0.15, 0.2) is 0 Å². The van der Waals surface area contributed by atoms with E-state index >= 15 is 0 Å². The highest BCUT2D eigenvalue weighted by Crippen LogP contribution is 2.29. The smallest absolute Gasteiger partial charge is 0.340 e. The summed E-state index contributed by atoms with van der Waals surface area (Å²) in [6.45, 7) is 2.10. The van der Waals surface area contributed by atoms with Gasteiger partial charge >= 0.3 is 5.97 Å². The van der Waals surface area contributed by atoms with Crippen LogP contribution in [-0.4, -0.2) is 39.3 Å². The predicted octanol–water partition coefficient (Wildman–Crippen LogP) is 4.60. The number of aliphatic hydroxyl groups is 1. The monoisotopic (exact) mass is 414 g/mol. The first kappa shape index (κ1) is 21.5. The number of hydrogen-bond acceptors (Lipinski definition) is 4. The maximum Gasteiger partial charge on any atom is 0.340 e. The second kappa shape index (κ2) is 11.2. The van der Waals surface area contributed by atoms with E-state index in [4.69, 9.17) is 4.74 Å². The molecule has 0 saturated heterocycles. The Labute approximate surface area is 157 Å². The number of halogens is 1. The minimum Gasteiger partial charge on any atom is -0.508 e. The van der Waals surface area contributed by atoms with Crippen molar-refractivity contribution in [2.75, 3.05) is 7.11 Å². The molecule has 0 aliphatic carbocycles. The number of alkyl halides is 1. The van der Waals surface area contributed by atoms with Crippen molar-refractivity contribution >= 4 is 28.0 Å². The Morgan fingerprint density at radius 1 is 1.28 bits per heavy atom. The summed E-state index contributed by atoms with van der Waals surface area (Å²) in [6, 6.07) is 2.68. The zero-order valence-electron chi connectivity index (χ0n) is 14.7. The normalized spacial score (nSPS) is 13.8. The summed E-state index contributed by atoms with van der Waals surface area (Å²) in [6.07, 6.45) is 8.34. The molecule has 1 rings (SSSR count). The molecule has 25 heavy (non-hydrogen) atoms. The lowest BCUT2D eigenvalue weighted by atomic mass is 10.0. The van der Waals surface area contributed by atoms with Gasteiger partial charge in [0.25, 0.3) is 0 Å². The molecule has 0 fully saturated rings. The topological polar surface area (TPSA) is 87.0 Å². The maximum absolute atomic E-state index is 11.4. The zero-order chi connectivity index (χ0) is 18.8. The highest BCUT2D eigenvalue weighted by Gasteiger charge is 2.16. The number of aromatic carboxylic acids is 1. The molecular weight excluding hydrogens is 388 g/mol. The Balaban J connectivity index is 2.54. The summed E-state index contributed by atoms with van der Waals surface area (Å²) in [4.78, 5) is 11.9. The summed E-state index contributed by atoms with van der Waals surface area (Å²) < 4.78 is 5.03. The Bertz CT molecular complexity index is 583. The number of aromatic hydroxyl groups is 1. The quantitative estimate of drug-likeness (QED) is 0.363. The SMILES string of the molecule is COc1cc(O)cc(C=CCCC[C@H](O)CCCC(C)Br)c1C(=O)O. The Hall–Kier alpha value is -1.53. The molecule has 1 aromatic carbocycles. The maximum atomic E-state index is 11.4. The third-order valence-electron chi connectivity index (χ3n) is 3.90. The number of unbranched alkanes of at least 4 members (excludes halogenated alkanes) is 1. The highest BCUT2D eigenvalue weighted by molar-refractivity contribution is 9.09. The molecule has 6 heteroatoms. The van der Waals surface area contributed by atoms with Crippen LogP contribution in [0.1, 0.15) is 61.4 Å². The molecule has 0 heterocycles. The molecule has 140 valence electrons. The van der Waals surface area contributed by atoms with Crippen LogP contribution < -0.4 is 4.74 Å². The molecule has 0 radical (unpaired) electrons. The Morgan fingerprint density at radius 2 is 1.96 bits per heavy atom. The van der Waals surface area contributed by atoms with Crippen LogP contribution >= 0.6 is 15.9 Å². The number of rotatable bonds is 11. The van der Waals surface area contributed by atoms with Crippen LogP contribution in [0.3, 0.4) is 0 Å². The Kier molecular flexibility index (Phi) is 9.60. The number of methoxy groups -OCH3 is 1. The molecule has 0 aliphatic heterocycles. The number of carboxylic acids is 1. The first-order valence-corrected chi connectivity index (χ1v) is 9.39. The van der Waals surface area contributed by atoms with Gasteiger partial charge in [-0.15, -0.1) is 0 Å². The van der Waals surface area contributed by atoms with E-state index in [1.165, 1.54) is 19.2 Å². The van der Waals surface area contributed by atoms with Crippen LogP contribution in [0.2, 0.25) is 0 Å². The van der Waals surface area contributed by atoms with Gasteiger partial charge < -0.3 is 20.1 Å². The fourth-order valence-corrected chi connectivity index (χ4v) is 2.93. The first-order valence-electron chi connectivity index (χ1n) is 8.48. The van der Waals surface area contributed by atoms with Crippen LogP contribution in [0.25, 0.3) is 6.08 Å². The van der Waals surface area contributed by atoms with Crippen molar-refractivity contribution in [3.8, 4) is 11.5 Å². The standard InChI is InChI=1S/C19H27BrO5/c1-13(20)7-6-10-15(21)9-5-3-4-8-14-11-16(22)12-17(25-2)18(14)19(23)24/h4,8,11-13,15,21-22H,3,5-7,9-10H2,1-2H3,(H,23,24)/t13?,15-/m0/s1. The molecule has 0 saturated carbocycles. The van der Waals surface area contributed by atoms with Gasteiger partial charge in [0.1, 0.15) is 17.1 Å². The largest absolute Gasteiger partial charge is 0.508 e. The molecule has 0 aromatic heterocycles. The van der Waals surface area contributed by atoms with Crippen molar-refractivity contribution in [3.05, 3.63) is 29.3 Å². The summed E-state index contributed by atoms with van der Waals surface area (Å²) in [7, 11) is 1.37. The molecule has 0 aliphatic rings. The second-order valence-corrected chi connectivity index (χ2v) is 7.68. The number of carboxylic acid groups (broad SMARTS) is 1. The lowest BCUT2D eigenvalue weighted by Gasteiger charge is -2.10. The number of phenols is 1. The van der Waals surface area contributed by atoms with Crippen molar-refractivity contribution in [2.24, 2.45) is 0 Å². The van der Waals surface area contributed by atoms with Crippen molar-refractivity contribution in [2.45, 2.75) is 56.4 Å². The van der Waals surface area contributed by atoms with Gasteiger partial charge in [0, 0.05) is 10.9 Å². The highest BCUT2D eigenvalue weighted by atomic mass is 79.9. The van der Waals surface area contributed by atoms with Crippen LogP contribution in [0.4, 0.5) is 0 Å². The van der Waals surface area contributed by atoms with E-state index in [2.05, 4.69) is 22.9 Å². The molecule has 0 bridgehead atoms. The summed E-state index contributed by atoms with van der Waals surface area (Å²) in [5, 5.41) is 29.0.